The van der Waals surface area contributed by atoms with Crippen LogP contribution in [0.4, 0.5) is 0 Å². The lowest BCUT2D eigenvalue weighted by atomic mass is 10.0. The second-order valence-electron chi connectivity index (χ2n) is 4.01. The van der Waals surface area contributed by atoms with Crippen molar-refractivity contribution in [2.75, 3.05) is 13.7 Å². The van der Waals surface area contributed by atoms with E-state index in [1.54, 1.807) is 6.92 Å². The highest BCUT2D eigenvalue weighted by Crippen LogP contribution is 2.34. The SMILES string of the molecule is CCOc1cc(C(=O)O)c(-c2cc(Cl)ncc2OC)cn1. The predicted octanol–water partition coefficient (Wildman–Crippen LogP) is 2.90. The first-order chi connectivity index (χ1) is 10.1. The molecule has 0 atom stereocenters. The van der Waals surface area contributed by atoms with Gasteiger partial charge < -0.3 is 14.6 Å². The smallest absolute Gasteiger partial charge is 0.336 e. The van der Waals surface area contributed by atoms with E-state index in [0.29, 0.717) is 23.5 Å². The molecule has 0 aliphatic heterocycles. The van der Waals surface area contributed by atoms with Gasteiger partial charge in [0.2, 0.25) is 5.88 Å². The summed E-state index contributed by atoms with van der Waals surface area (Å²) in [5.41, 5.74) is 0.937. The lowest BCUT2D eigenvalue weighted by molar-refractivity contribution is 0.0697. The van der Waals surface area contributed by atoms with Crippen LogP contribution in [0, 0.1) is 0 Å². The van der Waals surface area contributed by atoms with Gasteiger partial charge in [0.15, 0.2) is 0 Å². The first-order valence-corrected chi connectivity index (χ1v) is 6.50. The Hall–Kier alpha value is -2.34. The Bertz CT molecular complexity index is 676. The van der Waals surface area contributed by atoms with Crippen LogP contribution in [0.3, 0.4) is 0 Å². The van der Waals surface area contributed by atoms with E-state index >= 15 is 0 Å². The number of methoxy groups -OCH3 is 1. The summed E-state index contributed by atoms with van der Waals surface area (Å²) in [6, 6.07) is 2.90. The predicted molar refractivity (Wildman–Crippen MR) is 77.2 cm³/mol. The molecule has 0 aliphatic carbocycles. The third-order valence-electron chi connectivity index (χ3n) is 2.75. The molecule has 1 N–H and O–H groups in total. The van der Waals surface area contributed by atoms with Crippen LogP contribution < -0.4 is 9.47 Å². The summed E-state index contributed by atoms with van der Waals surface area (Å²) >= 11 is 5.88. The Morgan fingerprint density at radius 2 is 2.05 bits per heavy atom. The van der Waals surface area contributed by atoms with Gasteiger partial charge >= 0.3 is 5.97 Å². The third-order valence-corrected chi connectivity index (χ3v) is 2.95. The van der Waals surface area contributed by atoms with Crippen LogP contribution in [0.1, 0.15) is 17.3 Å². The zero-order chi connectivity index (χ0) is 15.4. The van der Waals surface area contributed by atoms with Crippen molar-refractivity contribution in [1.29, 1.82) is 0 Å². The summed E-state index contributed by atoms with van der Waals surface area (Å²) in [7, 11) is 1.47. The minimum absolute atomic E-state index is 0.0500. The van der Waals surface area contributed by atoms with Gasteiger partial charge in [0, 0.05) is 23.4 Å². The summed E-state index contributed by atoms with van der Waals surface area (Å²) in [5.74, 6) is -0.436. The maximum atomic E-state index is 11.5. The number of carboxylic acid groups (broad SMARTS) is 1. The zero-order valence-corrected chi connectivity index (χ0v) is 12.2. The fourth-order valence-electron chi connectivity index (χ4n) is 1.85. The highest BCUT2D eigenvalue weighted by atomic mass is 35.5. The van der Waals surface area contributed by atoms with Gasteiger partial charge in [-0.05, 0) is 13.0 Å². The van der Waals surface area contributed by atoms with E-state index in [9.17, 15) is 9.90 Å². The summed E-state index contributed by atoms with van der Waals surface area (Å²) in [6.07, 6.45) is 2.85. The lowest BCUT2D eigenvalue weighted by Crippen LogP contribution is -2.04. The Balaban J connectivity index is 2.63. The summed E-state index contributed by atoms with van der Waals surface area (Å²) in [6.45, 7) is 2.19. The Morgan fingerprint density at radius 3 is 2.67 bits per heavy atom. The highest BCUT2D eigenvalue weighted by Gasteiger charge is 2.18. The second kappa shape index (κ2) is 6.41. The quantitative estimate of drug-likeness (QED) is 0.855. The molecule has 2 rings (SSSR count). The van der Waals surface area contributed by atoms with E-state index in [4.69, 9.17) is 21.1 Å². The van der Waals surface area contributed by atoms with Gasteiger partial charge in [0.05, 0.1) is 25.5 Å². The normalized spacial score (nSPS) is 10.2. The Morgan fingerprint density at radius 1 is 1.29 bits per heavy atom. The average Bonchev–Trinajstić information content (AvgIpc) is 2.47. The van der Waals surface area contributed by atoms with Crippen LogP contribution in [0.2, 0.25) is 5.15 Å². The van der Waals surface area contributed by atoms with E-state index in [1.165, 1.54) is 31.6 Å². The third kappa shape index (κ3) is 3.22. The van der Waals surface area contributed by atoms with Gasteiger partial charge in [-0.2, -0.15) is 0 Å². The molecule has 0 fully saturated rings. The maximum absolute atomic E-state index is 11.5. The number of pyridine rings is 2. The van der Waals surface area contributed by atoms with E-state index < -0.39 is 5.97 Å². The van der Waals surface area contributed by atoms with Crippen molar-refractivity contribution in [2.24, 2.45) is 0 Å². The summed E-state index contributed by atoms with van der Waals surface area (Å²) in [5, 5.41) is 9.61. The van der Waals surface area contributed by atoms with Crippen LogP contribution in [0.25, 0.3) is 11.1 Å². The topological polar surface area (TPSA) is 81.5 Å². The molecule has 6 nitrogen and oxygen atoms in total. The molecule has 2 aromatic heterocycles. The van der Waals surface area contributed by atoms with Crippen molar-refractivity contribution in [2.45, 2.75) is 6.92 Å². The molecule has 0 spiro atoms. The number of halogens is 1. The first kappa shape index (κ1) is 15.1. The minimum Gasteiger partial charge on any atom is -0.494 e. The second-order valence-corrected chi connectivity index (χ2v) is 4.40. The molecule has 0 saturated carbocycles. The van der Waals surface area contributed by atoms with Gasteiger partial charge in [-0.15, -0.1) is 0 Å². The van der Waals surface area contributed by atoms with Gasteiger partial charge in [-0.3, -0.25) is 0 Å². The summed E-state index contributed by atoms with van der Waals surface area (Å²) in [4.78, 5) is 19.5. The van der Waals surface area contributed by atoms with Gasteiger partial charge in [0.25, 0.3) is 0 Å². The lowest BCUT2D eigenvalue weighted by Gasteiger charge is -2.12. The molecule has 0 aliphatic rings. The molecule has 0 unspecified atom stereocenters. The van der Waals surface area contributed by atoms with Crippen molar-refractivity contribution in [3.63, 3.8) is 0 Å². The number of nitrogens with zero attached hydrogens (tertiary/aromatic N) is 2. The number of rotatable bonds is 5. The molecule has 2 heterocycles. The van der Waals surface area contributed by atoms with Gasteiger partial charge in [0.1, 0.15) is 10.9 Å². The van der Waals surface area contributed by atoms with Crippen molar-refractivity contribution in [1.82, 2.24) is 9.97 Å². The number of carbonyl (C=O) groups is 1. The molecular formula is C14H13ClN2O4. The summed E-state index contributed by atoms with van der Waals surface area (Å²) < 4.78 is 10.4. The number of hydrogen-bond donors (Lipinski definition) is 1. The van der Waals surface area contributed by atoms with Gasteiger partial charge in [-0.25, -0.2) is 14.8 Å². The fourth-order valence-corrected chi connectivity index (χ4v) is 2.00. The molecule has 2 aromatic rings. The zero-order valence-electron chi connectivity index (χ0n) is 11.5. The number of ether oxygens (including phenoxy) is 2. The van der Waals surface area contributed by atoms with Gasteiger partial charge in [-0.1, -0.05) is 11.6 Å². The molecular weight excluding hydrogens is 296 g/mol. The van der Waals surface area contributed by atoms with E-state index in [2.05, 4.69) is 9.97 Å². The van der Waals surface area contributed by atoms with Crippen molar-refractivity contribution in [3.05, 3.63) is 35.2 Å². The van der Waals surface area contributed by atoms with Crippen LogP contribution in [0.15, 0.2) is 24.5 Å². The molecule has 110 valence electrons. The fraction of sp³-hybridized carbons (Fsp3) is 0.214. The van der Waals surface area contributed by atoms with Crippen LogP contribution >= 0.6 is 11.6 Å². The van der Waals surface area contributed by atoms with Crippen molar-refractivity contribution in [3.8, 4) is 22.8 Å². The largest absolute Gasteiger partial charge is 0.494 e. The van der Waals surface area contributed by atoms with Crippen LogP contribution in [-0.2, 0) is 0 Å². The van der Waals surface area contributed by atoms with Crippen LogP contribution in [-0.4, -0.2) is 34.8 Å². The van der Waals surface area contributed by atoms with E-state index in [1.807, 2.05) is 0 Å². The average molecular weight is 309 g/mol. The molecule has 0 saturated heterocycles. The molecule has 0 bridgehead atoms. The number of carboxylic acids is 1. The first-order valence-electron chi connectivity index (χ1n) is 6.12. The number of aromatic carboxylic acids is 1. The number of aromatic nitrogens is 2. The van der Waals surface area contributed by atoms with Crippen molar-refractivity contribution >= 4 is 17.6 Å². The van der Waals surface area contributed by atoms with Crippen molar-refractivity contribution < 1.29 is 19.4 Å². The highest BCUT2D eigenvalue weighted by molar-refractivity contribution is 6.29. The maximum Gasteiger partial charge on any atom is 0.336 e. The van der Waals surface area contributed by atoms with E-state index in [-0.39, 0.29) is 16.6 Å². The molecule has 0 amide bonds. The van der Waals surface area contributed by atoms with E-state index in [0.717, 1.165) is 0 Å². The molecule has 21 heavy (non-hydrogen) atoms. The Kier molecular flexibility index (Phi) is 4.59. The molecule has 0 radical (unpaired) electrons. The number of hydrogen-bond acceptors (Lipinski definition) is 5. The monoisotopic (exact) mass is 308 g/mol. The molecule has 0 aromatic carbocycles. The minimum atomic E-state index is -1.09. The van der Waals surface area contributed by atoms with Crippen LogP contribution in [0.5, 0.6) is 11.6 Å². The Labute approximate surface area is 126 Å². The standard InChI is InChI=1S/C14H13ClN2O4/c1-3-21-13-5-9(14(18)19)10(6-17-13)8-4-12(15)16-7-11(8)20-2/h4-7H,3H2,1-2H3,(H,18,19). The molecule has 7 heteroatoms.